The number of aromatic nitrogens is 2. The minimum Gasteiger partial charge on any atom is -0.457 e. The van der Waals surface area contributed by atoms with E-state index in [9.17, 15) is 13.6 Å². The summed E-state index contributed by atoms with van der Waals surface area (Å²) in [5.41, 5.74) is 2.19. The second kappa shape index (κ2) is 9.86. The van der Waals surface area contributed by atoms with Gasteiger partial charge >= 0.3 is 0 Å². The number of hydrogen-bond acceptors (Lipinski definition) is 5. The smallest absolute Gasteiger partial charge is 0.251 e. The highest BCUT2D eigenvalue weighted by Crippen LogP contribution is 2.28. The second-order valence-electron chi connectivity index (χ2n) is 7.23. The number of rotatable bonds is 7. The van der Waals surface area contributed by atoms with Gasteiger partial charge in [0.1, 0.15) is 29.0 Å². The molecule has 0 aliphatic heterocycles. The van der Waals surface area contributed by atoms with E-state index in [0.29, 0.717) is 34.0 Å². The van der Waals surface area contributed by atoms with E-state index in [-0.39, 0.29) is 12.5 Å². The van der Waals surface area contributed by atoms with E-state index < -0.39 is 11.6 Å². The third-order valence-corrected chi connectivity index (χ3v) is 4.82. The number of ether oxygens (including phenoxy) is 1. The van der Waals surface area contributed by atoms with Crippen LogP contribution in [-0.2, 0) is 6.54 Å². The van der Waals surface area contributed by atoms with Crippen LogP contribution >= 0.6 is 0 Å². The number of pyridine rings is 2. The van der Waals surface area contributed by atoms with E-state index in [1.807, 2.05) is 12.1 Å². The normalized spacial score (nSPS) is 10.5. The molecule has 6 nitrogen and oxygen atoms in total. The summed E-state index contributed by atoms with van der Waals surface area (Å²) in [4.78, 5) is 21.0. The Balaban J connectivity index is 1.47. The maximum Gasteiger partial charge on any atom is 0.251 e. The van der Waals surface area contributed by atoms with E-state index in [4.69, 9.17) is 4.74 Å². The van der Waals surface area contributed by atoms with E-state index in [0.717, 1.165) is 11.8 Å². The van der Waals surface area contributed by atoms with Crippen LogP contribution in [0.4, 0.5) is 20.3 Å². The lowest BCUT2D eigenvalue weighted by Gasteiger charge is -2.13. The minimum atomic E-state index is -0.694. The monoisotopic (exact) mass is 446 g/mol. The number of nitrogens with one attached hydrogen (secondary N) is 2. The molecular formula is C25H20F2N4O2. The van der Waals surface area contributed by atoms with Crippen LogP contribution in [0.25, 0.3) is 0 Å². The third kappa shape index (κ3) is 5.68. The summed E-state index contributed by atoms with van der Waals surface area (Å²) >= 11 is 0. The number of anilines is 2. The van der Waals surface area contributed by atoms with Gasteiger partial charge in [-0.3, -0.25) is 9.78 Å². The standard InChI is InChI=1S/C25H20F2N4O2/c1-16-22(25(32)30-15-17-11-18(26)13-19(27)12-17)3-2-4-23(16)33-21-7-10-29-24(14-21)31-20-5-8-28-9-6-20/h2-14H,15H2,1H3,(H,30,32)(H,28,29,31). The van der Waals surface area contributed by atoms with Crippen LogP contribution in [0, 0.1) is 18.6 Å². The Bertz CT molecular complexity index is 1260. The van der Waals surface area contributed by atoms with Crippen molar-refractivity contribution in [3.63, 3.8) is 0 Å². The first-order chi connectivity index (χ1) is 16.0. The average Bonchev–Trinajstić information content (AvgIpc) is 2.79. The molecule has 0 unspecified atom stereocenters. The number of halogens is 2. The van der Waals surface area contributed by atoms with Crippen LogP contribution in [0.15, 0.2) is 79.3 Å². The van der Waals surface area contributed by atoms with E-state index in [1.54, 1.807) is 55.8 Å². The number of hydrogen-bond donors (Lipinski definition) is 2. The predicted octanol–water partition coefficient (Wildman–Crippen LogP) is 5.53. The zero-order valence-electron chi connectivity index (χ0n) is 17.7. The Kier molecular flexibility index (Phi) is 6.54. The van der Waals surface area contributed by atoms with Crippen molar-refractivity contribution >= 4 is 17.4 Å². The lowest BCUT2D eigenvalue weighted by atomic mass is 10.1. The molecule has 2 heterocycles. The van der Waals surface area contributed by atoms with Gasteiger partial charge in [0, 0.05) is 54.1 Å². The van der Waals surface area contributed by atoms with Gasteiger partial charge in [0.2, 0.25) is 0 Å². The fourth-order valence-electron chi connectivity index (χ4n) is 3.21. The highest BCUT2D eigenvalue weighted by Gasteiger charge is 2.14. The number of carbonyl (C=O) groups excluding carboxylic acids is 1. The molecule has 0 atom stereocenters. The Hall–Kier alpha value is -4.33. The molecule has 166 valence electrons. The molecule has 0 fully saturated rings. The molecule has 0 aliphatic rings. The fourth-order valence-corrected chi connectivity index (χ4v) is 3.21. The highest BCUT2D eigenvalue weighted by atomic mass is 19.1. The molecule has 0 spiro atoms. The fraction of sp³-hybridized carbons (Fsp3) is 0.0800. The molecule has 8 heteroatoms. The van der Waals surface area contributed by atoms with Gasteiger partial charge in [0.05, 0.1) is 0 Å². The Morgan fingerprint density at radius 2 is 1.73 bits per heavy atom. The zero-order chi connectivity index (χ0) is 23.2. The molecule has 33 heavy (non-hydrogen) atoms. The molecule has 2 aromatic carbocycles. The van der Waals surface area contributed by atoms with Gasteiger partial charge in [-0.2, -0.15) is 0 Å². The van der Waals surface area contributed by atoms with Crippen molar-refractivity contribution in [1.29, 1.82) is 0 Å². The lowest BCUT2D eigenvalue weighted by Crippen LogP contribution is -2.23. The quantitative estimate of drug-likeness (QED) is 0.390. The summed E-state index contributed by atoms with van der Waals surface area (Å²) in [6.07, 6.45) is 4.96. The summed E-state index contributed by atoms with van der Waals surface area (Å²) in [5, 5.41) is 5.85. The molecule has 1 amide bonds. The zero-order valence-corrected chi connectivity index (χ0v) is 17.7. The van der Waals surface area contributed by atoms with Gasteiger partial charge in [0.25, 0.3) is 5.91 Å². The van der Waals surface area contributed by atoms with Crippen LogP contribution in [-0.4, -0.2) is 15.9 Å². The van der Waals surface area contributed by atoms with Gasteiger partial charge in [-0.1, -0.05) is 6.07 Å². The van der Waals surface area contributed by atoms with Crippen molar-refractivity contribution < 1.29 is 18.3 Å². The van der Waals surface area contributed by atoms with Crippen molar-refractivity contribution in [3.8, 4) is 11.5 Å². The van der Waals surface area contributed by atoms with Gasteiger partial charge in [-0.15, -0.1) is 0 Å². The van der Waals surface area contributed by atoms with Crippen molar-refractivity contribution in [1.82, 2.24) is 15.3 Å². The molecule has 0 aliphatic carbocycles. The first-order valence-electron chi connectivity index (χ1n) is 10.1. The largest absolute Gasteiger partial charge is 0.457 e. The molecule has 0 saturated carbocycles. The first kappa shape index (κ1) is 21.9. The third-order valence-electron chi connectivity index (χ3n) is 4.82. The summed E-state index contributed by atoms with van der Waals surface area (Å²) in [6, 6.07) is 15.3. The lowest BCUT2D eigenvalue weighted by molar-refractivity contribution is 0.0950. The molecule has 0 saturated heterocycles. The average molecular weight is 446 g/mol. The first-order valence-corrected chi connectivity index (χ1v) is 10.1. The molecule has 4 aromatic rings. The van der Waals surface area contributed by atoms with Crippen LogP contribution in [0.2, 0.25) is 0 Å². The SMILES string of the molecule is Cc1c(Oc2ccnc(Nc3ccncc3)c2)cccc1C(=O)NCc1cc(F)cc(F)c1. The molecule has 0 radical (unpaired) electrons. The molecular weight excluding hydrogens is 426 g/mol. The van der Waals surface area contributed by atoms with Gasteiger partial charge < -0.3 is 15.4 Å². The minimum absolute atomic E-state index is 0.00751. The van der Waals surface area contributed by atoms with Crippen LogP contribution in [0.5, 0.6) is 11.5 Å². The summed E-state index contributed by atoms with van der Waals surface area (Å²) in [7, 11) is 0. The van der Waals surface area contributed by atoms with Gasteiger partial charge in [-0.25, -0.2) is 13.8 Å². The highest BCUT2D eigenvalue weighted by molar-refractivity contribution is 5.96. The number of carbonyl (C=O) groups is 1. The Labute approximate surface area is 189 Å². The maximum absolute atomic E-state index is 13.4. The molecule has 2 N–H and O–H groups in total. The number of nitrogens with zero attached hydrogens (tertiary/aromatic N) is 2. The van der Waals surface area contributed by atoms with Crippen molar-refractivity contribution in [2.24, 2.45) is 0 Å². The molecule has 0 bridgehead atoms. The second-order valence-corrected chi connectivity index (χ2v) is 7.23. The van der Waals surface area contributed by atoms with E-state index >= 15 is 0 Å². The van der Waals surface area contributed by atoms with Crippen LogP contribution in [0.1, 0.15) is 21.5 Å². The van der Waals surface area contributed by atoms with E-state index in [1.165, 1.54) is 12.1 Å². The topological polar surface area (TPSA) is 76.1 Å². The van der Waals surface area contributed by atoms with Gasteiger partial charge in [0.15, 0.2) is 0 Å². The Morgan fingerprint density at radius 1 is 0.970 bits per heavy atom. The van der Waals surface area contributed by atoms with Crippen molar-refractivity contribution in [3.05, 3.63) is 108 Å². The Morgan fingerprint density at radius 3 is 2.48 bits per heavy atom. The van der Waals surface area contributed by atoms with Crippen LogP contribution in [0.3, 0.4) is 0 Å². The van der Waals surface area contributed by atoms with Gasteiger partial charge in [-0.05, 0) is 55.0 Å². The summed E-state index contributed by atoms with van der Waals surface area (Å²) in [5.74, 6) is -0.134. The summed E-state index contributed by atoms with van der Waals surface area (Å²) in [6.45, 7) is 1.76. The van der Waals surface area contributed by atoms with Crippen LogP contribution < -0.4 is 15.4 Å². The molecule has 4 rings (SSSR count). The molecule has 2 aromatic heterocycles. The number of amides is 1. The number of benzene rings is 2. The maximum atomic E-state index is 13.4. The van der Waals surface area contributed by atoms with E-state index in [2.05, 4.69) is 20.6 Å². The predicted molar refractivity (Wildman–Crippen MR) is 121 cm³/mol. The van der Waals surface area contributed by atoms with Crippen molar-refractivity contribution in [2.45, 2.75) is 13.5 Å². The summed E-state index contributed by atoms with van der Waals surface area (Å²) < 4.78 is 32.7. The van der Waals surface area contributed by atoms with Crippen molar-refractivity contribution in [2.75, 3.05) is 5.32 Å².